The molecule has 4 aromatic carbocycles. The van der Waals surface area contributed by atoms with Crippen LogP contribution in [0.25, 0.3) is 22.3 Å². The molecule has 1 heterocycles. The molecule has 0 saturated carbocycles. The van der Waals surface area contributed by atoms with Gasteiger partial charge in [-0.3, -0.25) is 33.6 Å². The Labute approximate surface area is 385 Å². The molecule has 0 saturated heterocycles. The molecule has 5 rings (SSSR count). The number of likely N-dealkylation sites (N-methyl/N-ethyl adjacent to an activating group) is 2. The Morgan fingerprint density at radius 2 is 1.45 bits per heavy atom. The van der Waals surface area contributed by atoms with Crippen molar-refractivity contribution in [1.29, 1.82) is 0 Å². The first-order valence-corrected chi connectivity index (χ1v) is 22.4. The Bertz CT molecular complexity index is 2400. The molecule has 4 aromatic rings. The van der Waals surface area contributed by atoms with Crippen LogP contribution in [0.5, 0.6) is 11.5 Å². The SMILES string of the molecule is CCN(CC(C)=O)C(=O)[C@H](C)CC(=O)[C@@H]1Cc2ccc(O)c(c2)-c2cc(ccc2O)[C@H](N(C)C(=O)[C@H](CCCCN)CC(=O)c2ccc(-c3ccc(Cl)cc3)cc2)C(=O)C[C@@H](C)C(=O)N1. The number of carbonyl (C=O) groups is 7. The molecule has 4 bridgehead atoms. The number of hydrogen-bond donors (Lipinski definition) is 4. The van der Waals surface area contributed by atoms with E-state index in [-0.39, 0.29) is 78.9 Å². The van der Waals surface area contributed by atoms with Gasteiger partial charge in [0.05, 0.1) is 12.6 Å². The van der Waals surface area contributed by atoms with Crippen LogP contribution in [0.1, 0.15) is 93.7 Å². The lowest BCUT2D eigenvalue weighted by Crippen LogP contribution is -2.47. The molecule has 13 nitrogen and oxygen atoms in total. The van der Waals surface area contributed by atoms with Crippen LogP contribution in [-0.2, 0) is 35.2 Å². The van der Waals surface area contributed by atoms with E-state index in [1.165, 1.54) is 48.0 Å². The van der Waals surface area contributed by atoms with Crippen molar-refractivity contribution in [3.05, 3.63) is 107 Å². The van der Waals surface area contributed by atoms with Gasteiger partial charge in [-0.25, -0.2) is 0 Å². The number of rotatable bonds is 17. The molecule has 3 amide bonds. The number of nitrogens with two attached hydrogens (primary N) is 1. The smallest absolute Gasteiger partial charge is 0.226 e. The van der Waals surface area contributed by atoms with E-state index in [1.54, 1.807) is 57.2 Å². The molecule has 0 aliphatic carbocycles. The molecular weight excluding hydrogens is 848 g/mol. The first-order chi connectivity index (χ1) is 30.9. The zero-order chi connectivity index (χ0) is 47.5. The van der Waals surface area contributed by atoms with Gasteiger partial charge in [0.25, 0.3) is 0 Å². The third-order valence-electron chi connectivity index (χ3n) is 12.0. The average molecular weight is 908 g/mol. The minimum atomic E-state index is -1.29. The lowest BCUT2D eigenvalue weighted by molar-refractivity contribution is -0.142. The Balaban J connectivity index is 1.47. The first kappa shape index (κ1) is 49.8. The number of fused-ring (bicyclic) bond motifs is 5. The largest absolute Gasteiger partial charge is 0.507 e. The predicted molar refractivity (Wildman–Crippen MR) is 249 cm³/mol. The van der Waals surface area contributed by atoms with Gasteiger partial charge in [0.2, 0.25) is 17.7 Å². The monoisotopic (exact) mass is 906 g/mol. The molecule has 1 aliphatic rings. The van der Waals surface area contributed by atoms with Crippen molar-refractivity contribution in [2.24, 2.45) is 23.5 Å². The Morgan fingerprint density at radius 1 is 0.831 bits per heavy atom. The highest BCUT2D eigenvalue weighted by atomic mass is 35.5. The van der Waals surface area contributed by atoms with Crippen molar-refractivity contribution in [2.45, 2.75) is 84.7 Å². The van der Waals surface area contributed by atoms with Gasteiger partial charge in [-0.15, -0.1) is 0 Å². The van der Waals surface area contributed by atoms with Gasteiger partial charge in [-0.2, -0.15) is 0 Å². The summed E-state index contributed by atoms with van der Waals surface area (Å²) in [7, 11) is 1.47. The zero-order valence-corrected chi connectivity index (χ0v) is 38.4. The topological polar surface area (TPSA) is 204 Å². The second-order valence-electron chi connectivity index (χ2n) is 17.1. The summed E-state index contributed by atoms with van der Waals surface area (Å²) in [6.07, 6.45) is 0.654. The summed E-state index contributed by atoms with van der Waals surface area (Å²) < 4.78 is 0. The molecular formula is C51H59ClN4O9. The lowest BCUT2D eigenvalue weighted by atomic mass is 9.87. The number of hydrogen-bond acceptors (Lipinski definition) is 10. The normalized spacial score (nSPS) is 17.2. The Hall–Kier alpha value is -6.18. The van der Waals surface area contributed by atoms with Crippen molar-refractivity contribution in [1.82, 2.24) is 15.1 Å². The van der Waals surface area contributed by atoms with E-state index in [4.69, 9.17) is 17.3 Å². The number of ketones is 4. The highest BCUT2D eigenvalue weighted by Crippen LogP contribution is 2.40. The Kier molecular flexibility index (Phi) is 17.3. The molecule has 5 atom stereocenters. The summed E-state index contributed by atoms with van der Waals surface area (Å²) in [4.78, 5) is 98.8. The maximum atomic E-state index is 14.7. The van der Waals surface area contributed by atoms with Crippen molar-refractivity contribution in [2.75, 3.05) is 26.7 Å². The second kappa shape index (κ2) is 22.6. The number of benzene rings is 4. The molecule has 0 fully saturated rings. The van der Waals surface area contributed by atoms with E-state index >= 15 is 0 Å². The minimum absolute atomic E-state index is 0.0402. The molecule has 0 spiro atoms. The van der Waals surface area contributed by atoms with Crippen LogP contribution in [0, 0.1) is 17.8 Å². The van der Waals surface area contributed by atoms with Crippen LogP contribution in [0.15, 0.2) is 84.9 Å². The number of carbonyl (C=O) groups excluding carboxylic acids is 7. The third kappa shape index (κ3) is 12.8. The summed E-state index contributed by atoms with van der Waals surface area (Å²) in [5.41, 5.74) is 9.17. The first-order valence-electron chi connectivity index (χ1n) is 22.1. The molecule has 0 unspecified atom stereocenters. The number of phenolic OH excluding ortho intramolecular Hbond substituents is 2. The molecule has 65 heavy (non-hydrogen) atoms. The van der Waals surface area contributed by atoms with Gasteiger partial charge < -0.3 is 31.1 Å². The van der Waals surface area contributed by atoms with E-state index in [2.05, 4.69) is 5.32 Å². The van der Waals surface area contributed by atoms with Gasteiger partial charge in [0, 0.05) is 72.3 Å². The fourth-order valence-electron chi connectivity index (χ4n) is 8.35. The molecule has 5 N–H and O–H groups in total. The predicted octanol–water partition coefficient (Wildman–Crippen LogP) is 7.27. The Morgan fingerprint density at radius 3 is 2.06 bits per heavy atom. The number of phenols is 2. The zero-order valence-electron chi connectivity index (χ0n) is 37.6. The molecule has 1 aliphatic heterocycles. The summed E-state index contributed by atoms with van der Waals surface area (Å²) in [6, 6.07) is 20.9. The summed E-state index contributed by atoms with van der Waals surface area (Å²) >= 11 is 6.06. The highest BCUT2D eigenvalue weighted by molar-refractivity contribution is 6.30. The van der Waals surface area contributed by atoms with Crippen molar-refractivity contribution < 1.29 is 43.8 Å². The van der Waals surface area contributed by atoms with Crippen molar-refractivity contribution in [3.63, 3.8) is 0 Å². The van der Waals surface area contributed by atoms with E-state index in [1.807, 2.05) is 24.3 Å². The van der Waals surface area contributed by atoms with Gasteiger partial charge in [0.1, 0.15) is 23.3 Å². The molecule has 0 aromatic heterocycles. The third-order valence-corrected chi connectivity index (χ3v) is 12.3. The number of aromatic hydroxyl groups is 2. The summed E-state index contributed by atoms with van der Waals surface area (Å²) in [5, 5.41) is 25.8. The lowest BCUT2D eigenvalue weighted by Gasteiger charge is -2.32. The fourth-order valence-corrected chi connectivity index (χ4v) is 8.47. The maximum absolute atomic E-state index is 14.7. The van der Waals surface area contributed by atoms with Crippen LogP contribution in [0.2, 0.25) is 5.02 Å². The van der Waals surface area contributed by atoms with Crippen LogP contribution >= 0.6 is 11.6 Å². The van der Waals surface area contributed by atoms with Gasteiger partial charge in [-0.05, 0) is 98.3 Å². The second-order valence-corrected chi connectivity index (χ2v) is 17.6. The quantitative estimate of drug-likeness (QED) is 0.0616. The fraction of sp³-hybridized carbons (Fsp3) is 0.392. The summed E-state index contributed by atoms with van der Waals surface area (Å²) in [5.74, 6) is -6.02. The maximum Gasteiger partial charge on any atom is 0.226 e. The number of nitrogens with one attached hydrogen (secondary N) is 1. The number of amides is 3. The minimum Gasteiger partial charge on any atom is -0.507 e. The van der Waals surface area contributed by atoms with E-state index in [0.29, 0.717) is 47.5 Å². The van der Waals surface area contributed by atoms with Crippen LogP contribution in [0.4, 0.5) is 0 Å². The average Bonchev–Trinajstić information content (AvgIpc) is 3.28. The molecule has 14 heteroatoms. The van der Waals surface area contributed by atoms with Gasteiger partial charge in [0.15, 0.2) is 17.3 Å². The number of Topliss-reactive ketones (excluding diaryl/α,β-unsaturated/α-hetero) is 4. The summed E-state index contributed by atoms with van der Waals surface area (Å²) in [6.45, 7) is 6.78. The number of unbranched alkanes of at least 4 members (excludes halogenated alkanes) is 1. The van der Waals surface area contributed by atoms with Crippen LogP contribution in [-0.4, -0.2) is 93.6 Å². The van der Waals surface area contributed by atoms with E-state index in [0.717, 1.165) is 11.1 Å². The van der Waals surface area contributed by atoms with Crippen molar-refractivity contribution >= 4 is 52.5 Å². The number of nitrogens with zero attached hydrogens (tertiary/aromatic N) is 2. The van der Waals surface area contributed by atoms with Crippen molar-refractivity contribution in [3.8, 4) is 33.8 Å². The van der Waals surface area contributed by atoms with Crippen LogP contribution < -0.4 is 11.1 Å². The molecule has 344 valence electrons. The van der Waals surface area contributed by atoms with Gasteiger partial charge in [-0.1, -0.05) is 80.4 Å². The van der Waals surface area contributed by atoms with Crippen LogP contribution in [0.3, 0.4) is 0 Å². The molecule has 0 radical (unpaired) electrons. The van der Waals surface area contributed by atoms with E-state index < -0.39 is 53.2 Å². The number of halogens is 1. The standard InChI is InChI=1S/C51H59ClN4O9/c1-6-56(29-32(4)57)50(64)31(3)24-46(61)42-26-33-10-20-43(58)40(25-33)41-27-37(17-21-44(41)59)48(47(62)23-30(2)49(63)54-42)55(5)51(65)38(9-7-8-22-53)28-45(60)36-13-11-34(12-14-36)35-15-18-39(52)19-16-35/h10-21,25,27,30-31,38,42,48,58-59H,6-9,22-24,26,28-29,53H2,1-5H3,(H,54,63)/t30-,31-,38-,42+,48+/m1/s1. The van der Waals surface area contributed by atoms with E-state index in [9.17, 15) is 43.8 Å². The van der Waals surface area contributed by atoms with Gasteiger partial charge >= 0.3 is 0 Å². The highest BCUT2D eigenvalue weighted by Gasteiger charge is 2.36.